The lowest BCUT2D eigenvalue weighted by Gasteiger charge is -2.33. The minimum absolute atomic E-state index is 0.0326. The van der Waals surface area contributed by atoms with E-state index in [1.165, 1.54) is 12.4 Å². The predicted octanol–water partition coefficient (Wildman–Crippen LogP) is 2.44. The number of carbonyl (C=O) groups is 1. The number of amides is 1. The number of carbonyl (C=O) groups excluding carboxylic acids is 1. The van der Waals surface area contributed by atoms with Crippen LogP contribution in [0, 0.1) is 5.82 Å². The maximum absolute atomic E-state index is 14.4. The summed E-state index contributed by atoms with van der Waals surface area (Å²) in [5, 5.41) is 2.82. The van der Waals surface area contributed by atoms with E-state index in [2.05, 4.69) is 25.2 Å². The van der Waals surface area contributed by atoms with E-state index in [9.17, 15) is 9.18 Å². The highest BCUT2D eigenvalue weighted by atomic mass is 19.1. The Kier molecular flexibility index (Phi) is 5.53. The highest BCUT2D eigenvalue weighted by Crippen LogP contribution is 2.29. The lowest BCUT2D eigenvalue weighted by Crippen LogP contribution is -2.43. The Morgan fingerprint density at radius 3 is 2.73 bits per heavy atom. The molecule has 4 heterocycles. The van der Waals surface area contributed by atoms with E-state index in [4.69, 9.17) is 11.5 Å². The molecule has 0 saturated carbocycles. The van der Waals surface area contributed by atoms with E-state index in [0.29, 0.717) is 17.8 Å². The summed E-state index contributed by atoms with van der Waals surface area (Å²) in [7, 11) is 0. The van der Waals surface area contributed by atoms with E-state index in [1.807, 2.05) is 6.07 Å². The number of hydrogen-bond donors (Lipinski definition) is 3. The van der Waals surface area contributed by atoms with Crippen molar-refractivity contribution < 1.29 is 9.18 Å². The fourth-order valence-corrected chi connectivity index (χ4v) is 3.57. The van der Waals surface area contributed by atoms with Crippen molar-refractivity contribution in [3.63, 3.8) is 0 Å². The van der Waals surface area contributed by atoms with Gasteiger partial charge in [0, 0.05) is 49.4 Å². The molecule has 5 N–H and O–H groups in total. The standard InChI is InChI=1S/C21H22FN7O/c22-15-10-16(24)20(28-19(15)13-3-6-25-7-4-13)21(30)27-17-11-26-8-5-18(17)29-9-1-2-14(23)12-29/h3-8,10-11,14H,1-2,9,12,23-24H2,(H,27,30)/t14-/m0/s1. The molecule has 3 aromatic rings. The molecule has 1 amide bonds. The molecule has 0 spiro atoms. The van der Waals surface area contributed by atoms with Crippen LogP contribution in [0.4, 0.5) is 21.5 Å². The zero-order valence-corrected chi connectivity index (χ0v) is 16.3. The molecule has 1 saturated heterocycles. The van der Waals surface area contributed by atoms with Gasteiger partial charge in [0.05, 0.1) is 23.3 Å². The van der Waals surface area contributed by atoms with Gasteiger partial charge in [-0.05, 0) is 31.0 Å². The van der Waals surface area contributed by atoms with Crippen molar-refractivity contribution in [1.29, 1.82) is 0 Å². The lowest BCUT2D eigenvalue weighted by molar-refractivity contribution is 0.102. The van der Waals surface area contributed by atoms with Gasteiger partial charge in [0.1, 0.15) is 5.69 Å². The van der Waals surface area contributed by atoms with Gasteiger partial charge in [-0.3, -0.25) is 14.8 Å². The molecular formula is C21H22FN7O. The first kappa shape index (κ1) is 19.7. The number of nitrogen functional groups attached to an aromatic ring is 1. The minimum Gasteiger partial charge on any atom is -0.397 e. The Labute approximate surface area is 173 Å². The summed E-state index contributed by atoms with van der Waals surface area (Å²) in [6.45, 7) is 1.53. The number of nitrogens with one attached hydrogen (secondary N) is 1. The van der Waals surface area contributed by atoms with Crippen molar-refractivity contribution >= 4 is 23.0 Å². The first-order valence-corrected chi connectivity index (χ1v) is 9.65. The average molecular weight is 407 g/mol. The van der Waals surface area contributed by atoms with E-state index in [-0.39, 0.29) is 23.1 Å². The van der Waals surface area contributed by atoms with Crippen molar-refractivity contribution in [3.05, 3.63) is 60.6 Å². The summed E-state index contributed by atoms with van der Waals surface area (Å²) in [5.74, 6) is -1.15. The predicted molar refractivity (Wildman–Crippen MR) is 113 cm³/mol. The van der Waals surface area contributed by atoms with Crippen molar-refractivity contribution in [3.8, 4) is 11.3 Å². The summed E-state index contributed by atoms with van der Waals surface area (Å²) < 4.78 is 14.4. The molecule has 0 unspecified atom stereocenters. The molecule has 3 aromatic heterocycles. The topological polar surface area (TPSA) is 123 Å². The van der Waals surface area contributed by atoms with Crippen LogP contribution in [0.15, 0.2) is 49.1 Å². The summed E-state index contributed by atoms with van der Waals surface area (Å²) in [4.78, 5) is 27.3. The summed E-state index contributed by atoms with van der Waals surface area (Å²) in [6, 6.07) is 6.24. The number of pyridine rings is 3. The first-order chi connectivity index (χ1) is 14.5. The van der Waals surface area contributed by atoms with Crippen LogP contribution < -0.4 is 21.7 Å². The van der Waals surface area contributed by atoms with Gasteiger partial charge < -0.3 is 21.7 Å². The second-order valence-corrected chi connectivity index (χ2v) is 7.19. The van der Waals surface area contributed by atoms with Crippen LogP contribution in [0.3, 0.4) is 0 Å². The third-order valence-electron chi connectivity index (χ3n) is 5.02. The molecule has 1 aliphatic heterocycles. The van der Waals surface area contributed by atoms with Crippen molar-refractivity contribution in [2.75, 3.05) is 29.0 Å². The summed E-state index contributed by atoms with van der Waals surface area (Å²) in [6.07, 6.45) is 8.22. The molecule has 30 heavy (non-hydrogen) atoms. The Balaban J connectivity index is 1.64. The van der Waals surface area contributed by atoms with Crippen LogP contribution in [-0.4, -0.2) is 40.0 Å². The fraction of sp³-hybridized carbons (Fsp3) is 0.238. The highest BCUT2D eigenvalue weighted by molar-refractivity contribution is 6.08. The first-order valence-electron chi connectivity index (χ1n) is 9.65. The van der Waals surface area contributed by atoms with Crippen molar-refractivity contribution in [2.24, 2.45) is 5.73 Å². The number of aromatic nitrogens is 3. The molecule has 4 rings (SSSR count). The van der Waals surface area contributed by atoms with E-state index in [1.54, 1.807) is 24.5 Å². The SMILES string of the molecule is Nc1cc(F)c(-c2ccncc2)nc1C(=O)Nc1cnccc1N1CCC[C@H](N)C1. The van der Waals surface area contributed by atoms with E-state index in [0.717, 1.165) is 31.1 Å². The van der Waals surface area contributed by atoms with Gasteiger partial charge in [-0.1, -0.05) is 0 Å². The molecule has 0 aromatic carbocycles. The summed E-state index contributed by atoms with van der Waals surface area (Å²) >= 11 is 0. The number of nitrogens with two attached hydrogens (primary N) is 2. The van der Waals surface area contributed by atoms with Crippen molar-refractivity contribution in [1.82, 2.24) is 15.0 Å². The quantitative estimate of drug-likeness (QED) is 0.607. The average Bonchev–Trinajstić information content (AvgIpc) is 2.75. The molecule has 0 aliphatic carbocycles. The minimum atomic E-state index is -0.611. The summed E-state index contributed by atoms with van der Waals surface area (Å²) in [5.41, 5.74) is 13.8. The van der Waals surface area contributed by atoms with Crippen LogP contribution in [0.25, 0.3) is 11.3 Å². The third kappa shape index (κ3) is 4.06. The molecule has 0 bridgehead atoms. The van der Waals surface area contributed by atoms with Crippen LogP contribution in [0.2, 0.25) is 0 Å². The molecule has 154 valence electrons. The van der Waals surface area contributed by atoms with Gasteiger partial charge >= 0.3 is 0 Å². The van der Waals surface area contributed by atoms with E-state index >= 15 is 0 Å². The Bertz CT molecular complexity index is 1060. The normalized spacial score (nSPS) is 16.3. The zero-order chi connectivity index (χ0) is 21.1. The highest BCUT2D eigenvalue weighted by Gasteiger charge is 2.22. The number of anilines is 3. The second kappa shape index (κ2) is 8.42. The van der Waals surface area contributed by atoms with Gasteiger partial charge in [0.2, 0.25) is 0 Å². The van der Waals surface area contributed by atoms with Crippen LogP contribution in [-0.2, 0) is 0 Å². The van der Waals surface area contributed by atoms with Gasteiger partial charge in [-0.2, -0.15) is 0 Å². The number of piperidine rings is 1. The molecule has 1 fully saturated rings. The molecule has 1 aliphatic rings. The number of rotatable bonds is 4. The smallest absolute Gasteiger partial charge is 0.276 e. The van der Waals surface area contributed by atoms with Gasteiger partial charge in [-0.25, -0.2) is 9.37 Å². The molecule has 9 heteroatoms. The molecular weight excluding hydrogens is 385 g/mol. The fourth-order valence-electron chi connectivity index (χ4n) is 3.57. The Morgan fingerprint density at radius 1 is 1.20 bits per heavy atom. The molecule has 8 nitrogen and oxygen atoms in total. The second-order valence-electron chi connectivity index (χ2n) is 7.19. The van der Waals surface area contributed by atoms with Gasteiger partial charge in [0.15, 0.2) is 11.5 Å². The number of nitrogens with zero attached hydrogens (tertiary/aromatic N) is 4. The largest absolute Gasteiger partial charge is 0.397 e. The molecule has 1 atom stereocenters. The van der Waals surface area contributed by atoms with Gasteiger partial charge in [-0.15, -0.1) is 0 Å². The Hall–Kier alpha value is -3.59. The van der Waals surface area contributed by atoms with Crippen LogP contribution >= 0.6 is 0 Å². The van der Waals surface area contributed by atoms with Crippen molar-refractivity contribution in [2.45, 2.75) is 18.9 Å². The van der Waals surface area contributed by atoms with E-state index < -0.39 is 11.7 Å². The van der Waals surface area contributed by atoms with Crippen LogP contribution in [0.1, 0.15) is 23.3 Å². The molecule has 0 radical (unpaired) electrons. The monoisotopic (exact) mass is 407 g/mol. The lowest BCUT2D eigenvalue weighted by atomic mass is 10.1. The van der Waals surface area contributed by atoms with Crippen LogP contribution in [0.5, 0.6) is 0 Å². The zero-order valence-electron chi connectivity index (χ0n) is 16.3. The number of hydrogen-bond acceptors (Lipinski definition) is 7. The third-order valence-corrected chi connectivity index (χ3v) is 5.02. The van der Waals surface area contributed by atoms with Gasteiger partial charge in [0.25, 0.3) is 5.91 Å². The maximum Gasteiger partial charge on any atom is 0.276 e. The Morgan fingerprint density at radius 2 is 1.97 bits per heavy atom. The maximum atomic E-state index is 14.4. The number of halogens is 1.